The molecule has 2 N–H and O–H groups in total. The highest BCUT2D eigenvalue weighted by Crippen LogP contribution is 2.33. The molecule has 3 aromatic carbocycles. The van der Waals surface area contributed by atoms with Crippen molar-refractivity contribution in [2.75, 3.05) is 12.4 Å². The molecular weight excluding hydrogens is 420 g/mol. The number of methoxy groups -OCH3 is 1. The van der Waals surface area contributed by atoms with E-state index in [-0.39, 0.29) is 11.5 Å². The number of fused-ring (bicyclic) bond motifs is 3. The third kappa shape index (κ3) is 3.53. The molecule has 1 aliphatic rings. The Hall–Kier alpha value is -4.39. The van der Waals surface area contributed by atoms with Gasteiger partial charge in [0.25, 0.3) is 5.91 Å². The second-order valence-electron chi connectivity index (χ2n) is 8.02. The summed E-state index contributed by atoms with van der Waals surface area (Å²) in [4.78, 5) is 37.6. The molecule has 4 aromatic rings. The van der Waals surface area contributed by atoms with Crippen LogP contribution in [0.1, 0.15) is 28.4 Å². The Labute approximate surface area is 188 Å². The van der Waals surface area contributed by atoms with E-state index in [0.29, 0.717) is 22.4 Å². The van der Waals surface area contributed by atoms with E-state index in [9.17, 15) is 14.4 Å². The van der Waals surface area contributed by atoms with Crippen LogP contribution in [0.15, 0.2) is 76.0 Å². The van der Waals surface area contributed by atoms with E-state index in [1.165, 1.54) is 19.3 Å². The standard InChI is InChI=1S/C26H20N2O5/c1-26(19-13-18-12-16-6-3-4-7-17(16)14-21(18)33-25(19)31)27-20-9-5-8-15(10-11-22(29)32-2)23(20)24(30)28-26/h3-14,27H,1-2H3,(H,28,30)/b11-10+. The fourth-order valence-electron chi connectivity index (χ4n) is 4.17. The lowest BCUT2D eigenvalue weighted by atomic mass is 9.94. The average molecular weight is 440 g/mol. The first-order valence-electron chi connectivity index (χ1n) is 10.3. The van der Waals surface area contributed by atoms with Gasteiger partial charge in [0.05, 0.1) is 18.2 Å². The summed E-state index contributed by atoms with van der Waals surface area (Å²) in [6.07, 6.45) is 2.77. The van der Waals surface area contributed by atoms with Gasteiger partial charge in [0.15, 0.2) is 0 Å². The molecule has 7 heteroatoms. The van der Waals surface area contributed by atoms with E-state index >= 15 is 0 Å². The molecule has 0 saturated carbocycles. The summed E-state index contributed by atoms with van der Waals surface area (Å²) >= 11 is 0. The summed E-state index contributed by atoms with van der Waals surface area (Å²) in [6, 6.07) is 18.6. The summed E-state index contributed by atoms with van der Waals surface area (Å²) in [6.45, 7) is 1.71. The molecule has 5 rings (SSSR count). The SMILES string of the molecule is COC(=O)/C=C/c1cccc2c1C(=O)NC(C)(c1cc3cc4ccccc4cc3oc1=O)N2. The van der Waals surface area contributed by atoms with Crippen LogP contribution in [0, 0.1) is 0 Å². The van der Waals surface area contributed by atoms with E-state index in [2.05, 4.69) is 15.4 Å². The van der Waals surface area contributed by atoms with Crippen molar-refractivity contribution in [3.05, 3.63) is 93.9 Å². The highest BCUT2D eigenvalue weighted by molar-refractivity contribution is 6.06. The van der Waals surface area contributed by atoms with Crippen molar-refractivity contribution < 1.29 is 18.7 Å². The maximum absolute atomic E-state index is 13.1. The number of amides is 1. The second-order valence-corrected chi connectivity index (χ2v) is 8.02. The van der Waals surface area contributed by atoms with Crippen LogP contribution in [0.25, 0.3) is 27.8 Å². The molecule has 1 unspecified atom stereocenters. The predicted octanol–water partition coefficient (Wildman–Crippen LogP) is 4.16. The van der Waals surface area contributed by atoms with E-state index in [4.69, 9.17) is 4.42 Å². The highest BCUT2D eigenvalue weighted by Gasteiger charge is 2.38. The molecular formula is C26H20N2O5. The number of rotatable bonds is 3. The lowest BCUT2D eigenvalue weighted by molar-refractivity contribution is -0.134. The van der Waals surface area contributed by atoms with E-state index < -0.39 is 17.3 Å². The van der Waals surface area contributed by atoms with Crippen LogP contribution in [-0.2, 0) is 15.2 Å². The Bertz CT molecular complexity index is 1540. The van der Waals surface area contributed by atoms with Gasteiger partial charge in [-0.2, -0.15) is 0 Å². The highest BCUT2D eigenvalue weighted by atomic mass is 16.5. The van der Waals surface area contributed by atoms with E-state index in [0.717, 1.165) is 16.2 Å². The van der Waals surface area contributed by atoms with Gasteiger partial charge in [-0.1, -0.05) is 36.4 Å². The minimum absolute atomic E-state index is 0.278. The van der Waals surface area contributed by atoms with Crippen molar-refractivity contribution >= 4 is 45.4 Å². The Morgan fingerprint density at radius 1 is 0.970 bits per heavy atom. The fraction of sp³-hybridized carbons (Fsp3) is 0.115. The summed E-state index contributed by atoms with van der Waals surface area (Å²) < 4.78 is 10.3. The Balaban J connectivity index is 1.60. The van der Waals surface area contributed by atoms with Gasteiger partial charge in [-0.15, -0.1) is 0 Å². The Morgan fingerprint density at radius 2 is 1.73 bits per heavy atom. The first-order chi connectivity index (χ1) is 15.9. The lowest BCUT2D eigenvalue weighted by Gasteiger charge is -2.37. The average Bonchev–Trinajstić information content (AvgIpc) is 2.80. The number of ether oxygens (including phenoxy) is 1. The molecule has 1 amide bonds. The topological polar surface area (TPSA) is 97.6 Å². The van der Waals surface area contributed by atoms with Crippen LogP contribution in [0.3, 0.4) is 0 Å². The summed E-state index contributed by atoms with van der Waals surface area (Å²) in [7, 11) is 1.28. The molecule has 0 bridgehead atoms. The predicted molar refractivity (Wildman–Crippen MR) is 126 cm³/mol. The van der Waals surface area contributed by atoms with Gasteiger partial charge in [0, 0.05) is 17.1 Å². The fourth-order valence-corrected chi connectivity index (χ4v) is 4.17. The van der Waals surface area contributed by atoms with Gasteiger partial charge in [-0.3, -0.25) is 4.79 Å². The van der Waals surface area contributed by atoms with Crippen LogP contribution in [-0.4, -0.2) is 19.0 Å². The molecule has 0 fully saturated rings. The van der Waals surface area contributed by atoms with Crippen LogP contribution in [0.2, 0.25) is 0 Å². The lowest BCUT2D eigenvalue weighted by Crippen LogP contribution is -2.55. The number of benzene rings is 3. The first kappa shape index (κ1) is 20.5. The van der Waals surface area contributed by atoms with Gasteiger partial charge in [0.1, 0.15) is 11.2 Å². The minimum atomic E-state index is -1.20. The molecule has 33 heavy (non-hydrogen) atoms. The van der Waals surface area contributed by atoms with Crippen molar-refractivity contribution in [1.82, 2.24) is 5.32 Å². The van der Waals surface area contributed by atoms with Crippen LogP contribution >= 0.6 is 0 Å². The molecule has 7 nitrogen and oxygen atoms in total. The molecule has 1 aliphatic heterocycles. The molecule has 0 spiro atoms. The van der Waals surface area contributed by atoms with Gasteiger partial charge in [-0.05, 0) is 53.6 Å². The van der Waals surface area contributed by atoms with Crippen LogP contribution in [0.5, 0.6) is 0 Å². The van der Waals surface area contributed by atoms with E-state index in [1.807, 2.05) is 36.4 Å². The number of carbonyl (C=O) groups is 2. The number of nitrogens with one attached hydrogen (secondary N) is 2. The summed E-state index contributed by atoms with van der Waals surface area (Å²) in [5.74, 6) is -0.905. The third-order valence-electron chi connectivity index (χ3n) is 5.81. The molecule has 164 valence electrons. The minimum Gasteiger partial charge on any atom is -0.466 e. The number of esters is 1. The first-order valence-corrected chi connectivity index (χ1v) is 10.3. The van der Waals surface area contributed by atoms with Crippen molar-refractivity contribution in [3.8, 4) is 0 Å². The summed E-state index contributed by atoms with van der Waals surface area (Å²) in [5.41, 5.74) is 0.455. The van der Waals surface area contributed by atoms with E-state index in [1.54, 1.807) is 31.2 Å². The van der Waals surface area contributed by atoms with Gasteiger partial charge in [0.2, 0.25) is 0 Å². The smallest absolute Gasteiger partial charge is 0.343 e. The number of hydrogen-bond acceptors (Lipinski definition) is 6. The Kier molecular flexibility index (Phi) is 4.74. The maximum Gasteiger partial charge on any atom is 0.343 e. The quantitative estimate of drug-likeness (QED) is 0.215. The maximum atomic E-state index is 13.1. The molecule has 1 aromatic heterocycles. The number of anilines is 1. The zero-order chi connectivity index (χ0) is 23.2. The molecule has 0 aliphatic carbocycles. The van der Waals surface area contributed by atoms with Crippen molar-refractivity contribution in [2.24, 2.45) is 0 Å². The Morgan fingerprint density at radius 3 is 2.48 bits per heavy atom. The molecule has 2 heterocycles. The number of carbonyl (C=O) groups excluding carboxylic acids is 2. The zero-order valence-corrected chi connectivity index (χ0v) is 18.0. The van der Waals surface area contributed by atoms with Crippen molar-refractivity contribution in [2.45, 2.75) is 12.6 Å². The molecule has 0 radical (unpaired) electrons. The molecule has 0 saturated heterocycles. The largest absolute Gasteiger partial charge is 0.466 e. The zero-order valence-electron chi connectivity index (χ0n) is 18.0. The van der Waals surface area contributed by atoms with Gasteiger partial charge < -0.3 is 19.8 Å². The van der Waals surface area contributed by atoms with Crippen LogP contribution in [0.4, 0.5) is 5.69 Å². The molecule has 1 atom stereocenters. The van der Waals surface area contributed by atoms with Gasteiger partial charge >= 0.3 is 11.6 Å². The third-order valence-corrected chi connectivity index (χ3v) is 5.81. The number of hydrogen-bond donors (Lipinski definition) is 2. The monoisotopic (exact) mass is 440 g/mol. The van der Waals surface area contributed by atoms with Crippen molar-refractivity contribution in [3.63, 3.8) is 0 Å². The van der Waals surface area contributed by atoms with Crippen molar-refractivity contribution in [1.29, 1.82) is 0 Å². The second kappa shape index (κ2) is 7.63. The normalized spacial score (nSPS) is 17.6. The van der Waals surface area contributed by atoms with Crippen LogP contribution < -0.4 is 16.3 Å². The van der Waals surface area contributed by atoms with Gasteiger partial charge in [-0.25, -0.2) is 9.59 Å². The summed E-state index contributed by atoms with van der Waals surface area (Å²) in [5, 5.41) is 8.89.